The van der Waals surface area contributed by atoms with Crippen LogP contribution >= 0.6 is 0 Å². The molecule has 0 unspecified atom stereocenters. The molecule has 3 aromatic carbocycles. The largest absolute Gasteiger partial charge is 0.497 e. The molecule has 0 radical (unpaired) electrons. The van der Waals surface area contributed by atoms with E-state index in [-0.39, 0.29) is 32.6 Å². The zero-order valence-electron chi connectivity index (χ0n) is 17.9. The lowest BCUT2D eigenvalue weighted by Crippen LogP contribution is -2.06. The van der Waals surface area contributed by atoms with Gasteiger partial charge in [0.05, 0.1) is 29.3 Å². The molecule has 0 saturated heterocycles. The van der Waals surface area contributed by atoms with E-state index in [4.69, 9.17) is 10.5 Å². The van der Waals surface area contributed by atoms with Gasteiger partial charge < -0.3 is 10.5 Å². The van der Waals surface area contributed by atoms with Gasteiger partial charge in [-0.05, 0) is 54.1 Å². The second-order valence-electron chi connectivity index (χ2n) is 7.39. The van der Waals surface area contributed by atoms with E-state index in [0.29, 0.717) is 22.3 Å². The number of anilines is 1. The Hall–Kier alpha value is -4.31. The van der Waals surface area contributed by atoms with Gasteiger partial charge in [0.15, 0.2) is 5.65 Å². The number of ether oxygens (including phenoxy) is 1. The van der Waals surface area contributed by atoms with Gasteiger partial charge in [0.2, 0.25) is 9.84 Å². The molecule has 0 spiro atoms. The SMILES string of the molecule is COc1ccc(S(=O)(=O)c2c(N)n(/N=C\c3ccc(F)cc3)c3nc4ccccc4nc23)cc1. The summed E-state index contributed by atoms with van der Waals surface area (Å²) in [6, 6.07) is 18.7. The van der Waals surface area contributed by atoms with E-state index in [1.54, 1.807) is 36.4 Å². The monoisotopic (exact) mass is 475 g/mol. The van der Waals surface area contributed by atoms with Crippen LogP contribution in [0.5, 0.6) is 5.75 Å². The Morgan fingerprint density at radius 1 is 0.971 bits per heavy atom. The number of para-hydroxylation sites is 2. The first-order chi connectivity index (χ1) is 16.4. The summed E-state index contributed by atoms with van der Waals surface area (Å²) in [7, 11) is -2.59. The fourth-order valence-corrected chi connectivity index (χ4v) is 5.03. The van der Waals surface area contributed by atoms with E-state index in [1.807, 2.05) is 0 Å². The molecule has 5 aromatic rings. The molecule has 0 saturated carbocycles. The Kier molecular flexibility index (Phi) is 5.21. The predicted octanol–water partition coefficient (Wildman–Crippen LogP) is 4.03. The molecule has 0 atom stereocenters. The van der Waals surface area contributed by atoms with Gasteiger partial charge in [-0.2, -0.15) is 9.78 Å². The van der Waals surface area contributed by atoms with Gasteiger partial charge in [-0.25, -0.2) is 22.8 Å². The first-order valence-electron chi connectivity index (χ1n) is 10.1. The third kappa shape index (κ3) is 3.63. The molecule has 8 nitrogen and oxygen atoms in total. The quantitative estimate of drug-likeness (QED) is 0.384. The maximum absolute atomic E-state index is 13.6. The van der Waals surface area contributed by atoms with Crippen LogP contribution in [0.15, 0.2) is 87.7 Å². The Morgan fingerprint density at radius 2 is 1.62 bits per heavy atom. The van der Waals surface area contributed by atoms with E-state index < -0.39 is 9.84 Å². The summed E-state index contributed by atoms with van der Waals surface area (Å²) in [4.78, 5) is 8.98. The van der Waals surface area contributed by atoms with Crippen LogP contribution in [0.25, 0.3) is 22.2 Å². The van der Waals surface area contributed by atoms with Crippen molar-refractivity contribution in [3.63, 3.8) is 0 Å². The summed E-state index contributed by atoms with van der Waals surface area (Å²) in [5, 5.41) is 4.35. The number of nitrogens with two attached hydrogens (primary N) is 1. The van der Waals surface area contributed by atoms with Crippen molar-refractivity contribution in [2.45, 2.75) is 9.79 Å². The van der Waals surface area contributed by atoms with Crippen molar-refractivity contribution in [3.05, 3.63) is 84.2 Å². The first-order valence-corrected chi connectivity index (χ1v) is 11.6. The molecule has 10 heteroatoms. The summed E-state index contributed by atoms with van der Waals surface area (Å²) < 4.78 is 46.9. The summed E-state index contributed by atoms with van der Waals surface area (Å²) >= 11 is 0. The Morgan fingerprint density at radius 3 is 2.26 bits per heavy atom. The molecule has 0 amide bonds. The van der Waals surface area contributed by atoms with Crippen LogP contribution in [0.2, 0.25) is 0 Å². The number of hydrogen-bond donors (Lipinski definition) is 1. The standard InChI is InChI=1S/C24H18FN5O3S/c1-33-17-10-12-18(13-11-17)34(31,32)22-21-24(29-20-5-3-2-4-19(20)28-21)30(23(22)26)27-14-15-6-8-16(25)9-7-15/h2-14H,26H2,1H3/b27-14-. The van der Waals surface area contributed by atoms with E-state index in [2.05, 4.69) is 15.1 Å². The first kappa shape index (κ1) is 21.5. The number of fused-ring (bicyclic) bond motifs is 2. The zero-order chi connectivity index (χ0) is 23.9. The maximum Gasteiger partial charge on any atom is 0.212 e. The van der Waals surface area contributed by atoms with Crippen molar-refractivity contribution >= 4 is 44.1 Å². The summed E-state index contributed by atoms with van der Waals surface area (Å²) in [6.45, 7) is 0. The third-order valence-electron chi connectivity index (χ3n) is 5.26. The minimum atomic E-state index is -4.08. The van der Waals surface area contributed by atoms with Crippen LogP contribution in [-0.2, 0) is 9.84 Å². The molecule has 0 aliphatic heterocycles. The predicted molar refractivity (Wildman–Crippen MR) is 127 cm³/mol. The highest BCUT2D eigenvalue weighted by atomic mass is 32.2. The summed E-state index contributed by atoms with van der Waals surface area (Å²) in [5.41, 5.74) is 8.30. The molecule has 34 heavy (non-hydrogen) atoms. The second-order valence-corrected chi connectivity index (χ2v) is 9.27. The van der Waals surface area contributed by atoms with Crippen LogP contribution in [0.1, 0.15) is 5.56 Å². The average Bonchev–Trinajstić information content (AvgIpc) is 3.12. The van der Waals surface area contributed by atoms with Crippen molar-refractivity contribution in [1.29, 1.82) is 0 Å². The van der Waals surface area contributed by atoms with Crippen LogP contribution in [0.3, 0.4) is 0 Å². The molecule has 2 N–H and O–H groups in total. The smallest absolute Gasteiger partial charge is 0.212 e. The average molecular weight is 476 g/mol. The van der Waals surface area contributed by atoms with E-state index >= 15 is 0 Å². The molecule has 2 heterocycles. The molecule has 5 rings (SSSR count). The van der Waals surface area contributed by atoms with Gasteiger partial charge in [0, 0.05) is 0 Å². The van der Waals surface area contributed by atoms with Crippen molar-refractivity contribution in [2.75, 3.05) is 12.8 Å². The number of methoxy groups -OCH3 is 1. The Bertz CT molecular complexity index is 1660. The molecule has 2 aromatic heterocycles. The Balaban J connectivity index is 1.76. The van der Waals surface area contributed by atoms with Gasteiger partial charge in [-0.1, -0.05) is 24.3 Å². The van der Waals surface area contributed by atoms with E-state index in [1.165, 1.54) is 54.4 Å². The van der Waals surface area contributed by atoms with Crippen molar-refractivity contribution < 1.29 is 17.5 Å². The highest BCUT2D eigenvalue weighted by Gasteiger charge is 2.30. The number of nitrogen functional groups attached to an aromatic ring is 1. The lowest BCUT2D eigenvalue weighted by molar-refractivity contribution is 0.414. The number of halogens is 1. The molecular formula is C24H18FN5O3S. The van der Waals surface area contributed by atoms with Crippen LogP contribution < -0.4 is 10.5 Å². The molecular weight excluding hydrogens is 457 g/mol. The number of nitrogens with zero attached hydrogens (tertiary/aromatic N) is 4. The zero-order valence-corrected chi connectivity index (χ0v) is 18.7. The molecule has 0 aliphatic rings. The molecule has 0 bridgehead atoms. The van der Waals surface area contributed by atoms with Crippen LogP contribution in [0, 0.1) is 5.82 Å². The topological polar surface area (TPSA) is 112 Å². The summed E-state index contributed by atoms with van der Waals surface area (Å²) in [5.74, 6) is -0.00296. The third-order valence-corrected chi connectivity index (χ3v) is 7.09. The van der Waals surface area contributed by atoms with Crippen molar-refractivity contribution in [1.82, 2.24) is 14.6 Å². The second kappa shape index (κ2) is 8.23. The maximum atomic E-state index is 13.6. The lowest BCUT2D eigenvalue weighted by Gasteiger charge is -2.06. The number of hydrogen-bond acceptors (Lipinski definition) is 7. The van der Waals surface area contributed by atoms with Crippen molar-refractivity contribution in [3.8, 4) is 5.75 Å². The van der Waals surface area contributed by atoms with Crippen molar-refractivity contribution in [2.24, 2.45) is 5.10 Å². The van der Waals surface area contributed by atoms with E-state index in [9.17, 15) is 12.8 Å². The molecule has 0 aliphatic carbocycles. The minimum absolute atomic E-state index is 0.0246. The van der Waals surface area contributed by atoms with Gasteiger partial charge in [0.25, 0.3) is 0 Å². The number of benzene rings is 3. The Labute approximate surface area is 194 Å². The minimum Gasteiger partial charge on any atom is -0.497 e. The molecule has 0 fully saturated rings. The lowest BCUT2D eigenvalue weighted by atomic mass is 10.2. The fourth-order valence-electron chi connectivity index (χ4n) is 3.55. The highest BCUT2D eigenvalue weighted by Crippen LogP contribution is 2.35. The molecule has 170 valence electrons. The normalized spacial score (nSPS) is 12.1. The highest BCUT2D eigenvalue weighted by molar-refractivity contribution is 7.92. The summed E-state index contributed by atoms with van der Waals surface area (Å²) in [6.07, 6.45) is 1.44. The van der Waals surface area contributed by atoms with Crippen LogP contribution in [-0.4, -0.2) is 36.4 Å². The van der Waals surface area contributed by atoms with Gasteiger partial charge in [-0.3, -0.25) is 0 Å². The number of aromatic nitrogens is 3. The van der Waals surface area contributed by atoms with Gasteiger partial charge in [0.1, 0.15) is 27.8 Å². The fraction of sp³-hybridized carbons (Fsp3) is 0.0417. The number of rotatable bonds is 5. The van der Waals surface area contributed by atoms with Gasteiger partial charge in [-0.15, -0.1) is 0 Å². The van der Waals surface area contributed by atoms with E-state index in [0.717, 1.165) is 0 Å². The van der Waals surface area contributed by atoms with Gasteiger partial charge >= 0.3 is 0 Å². The van der Waals surface area contributed by atoms with Crippen LogP contribution in [0.4, 0.5) is 10.2 Å². The number of sulfone groups is 1.